The molecule has 20 heavy (non-hydrogen) atoms. The van der Waals surface area contributed by atoms with E-state index in [9.17, 15) is 0 Å². The van der Waals surface area contributed by atoms with Crippen LogP contribution in [-0.4, -0.2) is 12.7 Å². The molecule has 0 spiro atoms. The van der Waals surface area contributed by atoms with E-state index in [1.165, 1.54) is 38.4 Å². The van der Waals surface area contributed by atoms with Gasteiger partial charge in [-0.25, -0.2) is 0 Å². The highest BCUT2D eigenvalue weighted by Crippen LogP contribution is 2.17. The third-order valence-electron chi connectivity index (χ3n) is 3.35. The number of benzene rings is 1. The molecule has 1 aromatic carbocycles. The van der Waals surface area contributed by atoms with Crippen LogP contribution in [-0.2, 0) is 4.74 Å². The van der Waals surface area contributed by atoms with Crippen molar-refractivity contribution < 1.29 is 9.47 Å². The predicted molar refractivity (Wildman–Crippen MR) is 85.0 cm³/mol. The summed E-state index contributed by atoms with van der Waals surface area (Å²) in [4.78, 5) is 0. The molecule has 0 heterocycles. The van der Waals surface area contributed by atoms with Gasteiger partial charge in [0, 0.05) is 6.42 Å². The smallest absolute Gasteiger partial charge is 0.119 e. The largest absolute Gasteiger partial charge is 0.502 e. The summed E-state index contributed by atoms with van der Waals surface area (Å²) in [7, 11) is 0. The lowest BCUT2D eigenvalue weighted by Gasteiger charge is -2.19. The fourth-order valence-electron chi connectivity index (χ4n) is 2.21. The molecule has 2 nitrogen and oxygen atoms in total. The molecular weight excluding hydrogens is 248 g/mol. The molecule has 1 aromatic rings. The molecule has 112 valence electrons. The molecule has 1 atom stereocenters. The molecule has 0 amide bonds. The minimum Gasteiger partial charge on any atom is -0.502 e. The van der Waals surface area contributed by atoms with Crippen molar-refractivity contribution in [2.45, 2.75) is 58.0 Å². The second-order valence-electron chi connectivity index (χ2n) is 5.08. The van der Waals surface area contributed by atoms with E-state index < -0.39 is 0 Å². The minimum absolute atomic E-state index is 0.235. The van der Waals surface area contributed by atoms with Crippen molar-refractivity contribution in [3.63, 3.8) is 0 Å². The van der Waals surface area contributed by atoms with Gasteiger partial charge in [0.05, 0.1) is 12.9 Å². The van der Waals surface area contributed by atoms with E-state index in [0.717, 1.165) is 18.6 Å². The van der Waals surface area contributed by atoms with Crippen LogP contribution in [0.3, 0.4) is 0 Å². The normalized spacial score (nSPS) is 11.8. The van der Waals surface area contributed by atoms with Gasteiger partial charge in [-0.15, -0.1) is 0 Å². The Labute approximate surface area is 123 Å². The first-order valence-electron chi connectivity index (χ1n) is 7.81. The van der Waals surface area contributed by atoms with Crippen LogP contribution in [0.15, 0.2) is 43.2 Å². The van der Waals surface area contributed by atoms with Gasteiger partial charge in [-0.05, 0) is 25.0 Å². The summed E-state index contributed by atoms with van der Waals surface area (Å²) in [5.74, 6) is 0.949. The van der Waals surface area contributed by atoms with Gasteiger partial charge >= 0.3 is 0 Å². The van der Waals surface area contributed by atoms with Gasteiger partial charge in [-0.1, -0.05) is 57.4 Å². The monoisotopic (exact) mass is 276 g/mol. The predicted octanol–water partition coefficient (Wildman–Crippen LogP) is 5.34. The van der Waals surface area contributed by atoms with Gasteiger partial charge in [-0.2, -0.15) is 0 Å². The Balaban J connectivity index is 2.32. The molecule has 0 N–H and O–H groups in total. The molecule has 0 saturated heterocycles. The van der Waals surface area contributed by atoms with Crippen LogP contribution < -0.4 is 4.74 Å². The Bertz CT molecular complexity index is 335. The zero-order valence-corrected chi connectivity index (χ0v) is 12.7. The molecule has 0 aliphatic heterocycles. The van der Waals surface area contributed by atoms with E-state index in [4.69, 9.17) is 9.47 Å². The summed E-state index contributed by atoms with van der Waals surface area (Å²) in [6, 6.07) is 10.0. The molecule has 0 aromatic heterocycles. The van der Waals surface area contributed by atoms with Crippen molar-refractivity contribution in [1.29, 1.82) is 0 Å². The number of ether oxygens (including phenoxy) is 2. The lowest BCUT2D eigenvalue weighted by atomic mass is 10.1. The summed E-state index contributed by atoms with van der Waals surface area (Å²) < 4.78 is 11.3. The van der Waals surface area contributed by atoms with Crippen molar-refractivity contribution in [1.82, 2.24) is 0 Å². The Kier molecular flexibility index (Phi) is 9.46. The van der Waals surface area contributed by atoms with Crippen molar-refractivity contribution in [3.8, 4) is 5.75 Å². The van der Waals surface area contributed by atoms with E-state index in [0.29, 0.717) is 6.61 Å². The van der Waals surface area contributed by atoms with Crippen LogP contribution in [0.4, 0.5) is 0 Å². The van der Waals surface area contributed by atoms with E-state index in [1.54, 1.807) is 0 Å². The fourth-order valence-corrected chi connectivity index (χ4v) is 2.21. The maximum Gasteiger partial charge on any atom is 0.119 e. The number of unbranched alkanes of at least 4 members (excludes halogenated alkanes) is 4. The van der Waals surface area contributed by atoms with Crippen molar-refractivity contribution in [2.24, 2.45) is 0 Å². The first-order chi connectivity index (χ1) is 9.86. The molecular formula is C18H28O2. The maximum absolute atomic E-state index is 6.05. The highest BCUT2D eigenvalue weighted by molar-refractivity contribution is 5.21. The van der Waals surface area contributed by atoms with Crippen LogP contribution in [0.1, 0.15) is 51.9 Å². The van der Waals surface area contributed by atoms with E-state index in [1.807, 2.05) is 30.3 Å². The molecule has 0 saturated carbocycles. The van der Waals surface area contributed by atoms with Gasteiger partial charge in [0.15, 0.2) is 0 Å². The first kappa shape index (κ1) is 16.6. The molecule has 0 fully saturated rings. The summed E-state index contributed by atoms with van der Waals surface area (Å²) in [5.41, 5.74) is 0. The fraction of sp³-hybridized carbons (Fsp3) is 0.556. The average Bonchev–Trinajstić information content (AvgIpc) is 2.48. The Morgan fingerprint density at radius 3 is 2.50 bits per heavy atom. The third kappa shape index (κ3) is 7.88. The van der Waals surface area contributed by atoms with Gasteiger partial charge in [0.2, 0.25) is 0 Å². The van der Waals surface area contributed by atoms with Crippen LogP contribution in [0, 0.1) is 0 Å². The second-order valence-corrected chi connectivity index (χ2v) is 5.08. The van der Waals surface area contributed by atoms with Gasteiger partial charge in [0.25, 0.3) is 0 Å². The SMILES string of the molecule is C=COCCC(CCCCCCC)Oc1ccccc1. The maximum atomic E-state index is 6.05. The summed E-state index contributed by atoms with van der Waals surface area (Å²) >= 11 is 0. The van der Waals surface area contributed by atoms with Crippen LogP contribution >= 0.6 is 0 Å². The second kappa shape index (κ2) is 11.4. The van der Waals surface area contributed by atoms with Crippen LogP contribution in [0.25, 0.3) is 0 Å². The van der Waals surface area contributed by atoms with Gasteiger partial charge < -0.3 is 9.47 Å². The van der Waals surface area contributed by atoms with Crippen LogP contribution in [0.5, 0.6) is 5.75 Å². The lowest BCUT2D eigenvalue weighted by Crippen LogP contribution is -2.18. The zero-order valence-electron chi connectivity index (χ0n) is 12.7. The van der Waals surface area contributed by atoms with Gasteiger partial charge in [-0.3, -0.25) is 0 Å². The van der Waals surface area contributed by atoms with Crippen molar-refractivity contribution >= 4 is 0 Å². The van der Waals surface area contributed by atoms with Gasteiger partial charge in [0.1, 0.15) is 11.9 Å². The lowest BCUT2D eigenvalue weighted by molar-refractivity contribution is 0.135. The summed E-state index contributed by atoms with van der Waals surface area (Å²) in [6.07, 6.45) is 10.2. The molecule has 2 heteroatoms. The number of hydrogen-bond donors (Lipinski definition) is 0. The molecule has 0 aliphatic carbocycles. The highest BCUT2D eigenvalue weighted by atomic mass is 16.5. The number of rotatable bonds is 12. The molecule has 0 aliphatic rings. The summed E-state index contributed by atoms with van der Waals surface area (Å²) in [5, 5.41) is 0. The third-order valence-corrected chi connectivity index (χ3v) is 3.35. The zero-order chi connectivity index (χ0) is 14.5. The Morgan fingerprint density at radius 2 is 1.80 bits per heavy atom. The van der Waals surface area contributed by atoms with E-state index in [2.05, 4.69) is 13.5 Å². The number of hydrogen-bond acceptors (Lipinski definition) is 2. The molecule has 1 unspecified atom stereocenters. The summed E-state index contributed by atoms with van der Waals surface area (Å²) in [6.45, 7) is 6.49. The number of para-hydroxylation sites is 1. The standard InChI is InChI=1S/C18H28O2/c1-3-5-6-7-9-14-18(15-16-19-4-2)20-17-12-10-8-11-13-17/h4,8,10-13,18H,2-3,5-7,9,14-16H2,1H3. The van der Waals surface area contributed by atoms with Crippen molar-refractivity contribution in [3.05, 3.63) is 43.2 Å². The quantitative estimate of drug-likeness (QED) is 0.379. The Morgan fingerprint density at radius 1 is 1.05 bits per heavy atom. The highest BCUT2D eigenvalue weighted by Gasteiger charge is 2.10. The van der Waals surface area contributed by atoms with Crippen LogP contribution in [0.2, 0.25) is 0 Å². The molecule has 0 radical (unpaired) electrons. The van der Waals surface area contributed by atoms with E-state index >= 15 is 0 Å². The Hall–Kier alpha value is -1.44. The minimum atomic E-state index is 0.235. The average molecular weight is 276 g/mol. The van der Waals surface area contributed by atoms with Crippen molar-refractivity contribution in [2.75, 3.05) is 6.61 Å². The van der Waals surface area contributed by atoms with E-state index in [-0.39, 0.29) is 6.10 Å². The first-order valence-corrected chi connectivity index (χ1v) is 7.81. The topological polar surface area (TPSA) is 18.5 Å². The molecule has 1 rings (SSSR count). The molecule has 0 bridgehead atoms.